The lowest BCUT2D eigenvalue weighted by molar-refractivity contribution is -0.113. The molecule has 33 heavy (non-hydrogen) atoms. The normalized spacial score (nSPS) is 12.0. The van der Waals surface area contributed by atoms with E-state index >= 15 is 0 Å². The molecule has 10 heteroatoms. The number of nitrogens with zero attached hydrogens (tertiary/aromatic N) is 3. The van der Waals surface area contributed by atoms with E-state index in [1.165, 1.54) is 17.8 Å². The summed E-state index contributed by atoms with van der Waals surface area (Å²) >= 11 is 13.4. The van der Waals surface area contributed by atoms with Gasteiger partial charge in [-0.2, -0.15) is 0 Å². The van der Waals surface area contributed by atoms with Gasteiger partial charge in [0.2, 0.25) is 5.91 Å². The van der Waals surface area contributed by atoms with Gasteiger partial charge in [-0.3, -0.25) is 9.59 Å². The molecule has 0 aliphatic carbocycles. The summed E-state index contributed by atoms with van der Waals surface area (Å²) in [6, 6.07) is 11.9. The zero-order valence-electron chi connectivity index (χ0n) is 18.7. The minimum atomic E-state index is -0.405. The smallest absolute Gasteiger partial charge is 0.253 e. The molecule has 0 aliphatic rings. The quantitative estimate of drug-likeness (QED) is 0.406. The highest BCUT2D eigenvalue weighted by Gasteiger charge is 2.26. The molecule has 2 N–H and O–H groups in total. The maximum Gasteiger partial charge on any atom is 0.253 e. The first-order chi connectivity index (χ1) is 15.7. The number of carbonyl (C=O) groups excluding carboxylic acids is 2. The molecule has 1 atom stereocenters. The third kappa shape index (κ3) is 6.50. The average Bonchev–Trinajstić information content (AvgIpc) is 3.11. The molecule has 0 spiro atoms. The van der Waals surface area contributed by atoms with Crippen molar-refractivity contribution in [2.75, 3.05) is 11.1 Å². The third-order valence-electron chi connectivity index (χ3n) is 4.94. The van der Waals surface area contributed by atoms with Crippen LogP contribution < -0.4 is 10.6 Å². The number of anilines is 1. The van der Waals surface area contributed by atoms with Crippen molar-refractivity contribution in [3.05, 3.63) is 69.5 Å². The molecule has 0 unspecified atom stereocenters. The highest BCUT2D eigenvalue weighted by Crippen LogP contribution is 2.26. The fourth-order valence-corrected chi connectivity index (χ4v) is 4.32. The zero-order valence-corrected chi connectivity index (χ0v) is 21.1. The van der Waals surface area contributed by atoms with Crippen LogP contribution in [0.1, 0.15) is 41.6 Å². The highest BCUT2D eigenvalue weighted by molar-refractivity contribution is 7.99. The number of amides is 2. The summed E-state index contributed by atoms with van der Waals surface area (Å²) in [5.74, 6) is 0.332. The van der Waals surface area contributed by atoms with Gasteiger partial charge < -0.3 is 15.2 Å². The number of thioether (sulfide) groups is 1. The number of carbonyl (C=O) groups is 2. The Morgan fingerprint density at radius 2 is 1.79 bits per heavy atom. The number of hydrogen-bond donors (Lipinski definition) is 2. The van der Waals surface area contributed by atoms with Crippen molar-refractivity contribution in [3.8, 4) is 0 Å². The van der Waals surface area contributed by atoms with E-state index in [0.717, 1.165) is 11.3 Å². The van der Waals surface area contributed by atoms with E-state index < -0.39 is 6.04 Å². The first-order valence-electron chi connectivity index (χ1n) is 10.3. The molecule has 2 amide bonds. The van der Waals surface area contributed by atoms with Crippen LogP contribution in [0.15, 0.2) is 47.6 Å². The minimum absolute atomic E-state index is 0.0330. The molecular weight excluding hydrogens is 481 g/mol. The van der Waals surface area contributed by atoms with Gasteiger partial charge in [-0.15, -0.1) is 10.2 Å². The van der Waals surface area contributed by atoms with E-state index in [2.05, 4.69) is 20.8 Å². The van der Waals surface area contributed by atoms with Crippen molar-refractivity contribution >= 4 is 52.5 Å². The second kappa shape index (κ2) is 11.0. The van der Waals surface area contributed by atoms with Gasteiger partial charge in [0.15, 0.2) is 11.0 Å². The van der Waals surface area contributed by atoms with Crippen LogP contribution >= 0.6 is 35.0 Å². The van der Waals surface area contributed by atoms with Gasteiger partial charge in [-0.1, -0.05) is 66.5 Å². The van der Waals surface area contributed by atoms with E-state index in [-0.39, 0.29) is 28.5 Å². The molecule has 1 aromatic heterocycles. The topological polar surface area (TPSA) is 88.9 Å². The Labute approximate surface area is 207 Å². The second-order valence-corrected chi connectivity index (χ2v) is 9.71. The lowest BCUT2D eigenvalue weighted by Gasteiger charge is -2.22. The van der Waals surface area contributed by atoms with Crippen LogP contribution in [0, 0.1) is 12.8 Å². The monoisotopic (exact) mass is 505 g/mol. The highest BCUT2D eigenvalue weighted by atomic mass is 35.5. The summed E-state index contributed by atoms with van der Waals surface area (Å²) in [7, 11) is 1.81. The molecule has 3 aromatic rings. The molecule has 0 fully saturated rings. The number of benzene rings is 2. The molecule has 0 bridgehead atoms. The number of rotatable bonds is 8. The van der Waals surface area contributed by atoms with Gasteiger partial charge in [0.25, 0.3) is 5.91 Å². The second-order valence-electron chi connectivity index (χ2n) is 7.92. The van der Waals surface area contributed by atoms with Crippen molar-refractivity contribution in [1.82, 2.24) is 20.1 Å². The number of nitrogens with one attached hydrogen (secondary N) is 2. The molecule has 0 radical (unpaired) electrons. The van der Waals surface area contributed by atoms with Crippen LogP contribution in [0.3, 0.4) is 0 Å². The summed E-state index contributed by atoms with van der Waals surface area (Å²) in [5, 5.41) is 15.7. The lowest BCUT2D eigenvalue weighted by Crippen LogP contribution is -2.33. The Bertz CT molecular complexity index is 1150. The Hall–Kier alpha value is -2.55. The summed E-state index contributed by atoms with van der Waals surface area (Å²) in [4.78, 5) is 25.2. The van der Waals surface area contributed by atoms with E-state index in [1.807, 2.05) is 52.1 Å². The molecule has 0 aliphatic heterocycles. The van der Waals surface area contributed by atoms with E-state index in [4.69, 9.17) is 23.2 Å². The predicted molar refractivity (Wildman–Crippen MR) is 133 cm³/mol. The molecule has 0 saturated heterocycles. The summed E-state index contributed by atoms with van der Waals surface area (Å²) < 4.78 is 1.79. The van der Waals surface area contributed by atoms with Gasteiger partial charge in [0, 0.05) is 17.8 Å². The van der Waals surface area contributed by atoms with Crippen molar-refractivity contribution in [2.45, 2.75) is 32.0 Å². The lowest BCUT2D eigenvalue weighted by atomic mass is 10.0. The molecule has 7 nitrogen and oxygen atoms in total. The number of aromatic nitrogens is 3. The van der Waals surface area contributed by atoms with Crippen LogP contribution in [0.25, 0.3) is 0 Å². The minimum Gasteiger partial charge on any atom is -0.342 e. The van der Waals surface area contributed by atoms with Crippen molar-refractivity contribution < 1.29 is 9.59 Å². The Kier molecular flexibility index (Phi) is 8.40. The number of halogens is 2. The molecule has 3 rings (SSSR count). The van der Waals surface area contributed by atoms with E-state index in [0.29, 0.717) is 21.6 Å². The van der Waals surface area contributed by atoms with Gasteiger partial charge in [0.1, 0.15) is 0 Å². The van der Waals surface area contributed by atoms with Gasteiger partial charge in [0.05, 0.1) is 22.4 Å². The predicted octanol–water partition coefficient (Wildman–Crippen LogP) is 5.29. The number of hydrogen-bond acceptors (Lipinski definition) is 5. The summed E-state index contributed by atoms with van der Waals surface area (Å²) in [6.45, 7) is 5.94. The number of aryl methyl sites for hydroxylation is 1. The maximum absolute atomic E-state index is 12.8. The van der Waals surface area contributed by atoms with Crippen LogP contribution in [-0.2, 0) is 11.8 Å². The van der Waals surface area contributed by atoms with Crippen LogP contribution in [0.4, 0.5) is 5.69 Å². The maximum atomic E-state index is 12.8. The van der Waals surface area contributed by atoms with Crippen LogP contribution in [0.5, 0.6) is 0 Å². The fraction of sp³-hybridized carbons (Fsp3) is 0.304. The molecule has 0 saturated carbocycles. The van der Waals surface area contributed by atoms with Gasteiger partial charge in [-0.05, 0) is 43.2 Å². The fourth-order valence-electron chi connectivity index (χ4n) is 3.11. The van der Waals surface area contributed by atoms with Crippen LogP contribution in [0.2, 0.25) is 10.0 Å². The van der Waals surface area contributed by atoms with E-state index in [1.54, 1.807) is 16.7 Å². The summed E-state index contributed by atoms with van der Waals surface area (Å²) in [5.41, 5.74) is 2.20. The Morgan fingerprint density at radius 3 is 2.42 bits per heavy atom. The zero-order chi connectivity index (χ0) is 24.1. The molecule has 2 aromatic carbocycles. The first kappa shape index (κ1) is 25.1. The van der Waals surface area contributed by atoms with Gasteiger partial charge in [-0.25, -0.2) is 0 Å². The SMILES string of the molecule is Cc1ccc(NC(=O)CSc2nnc([C@@H](NC(=O)c3ccc(Cl)cc3Cl)C(C)C)n2C)cc1. The van der Waals surface area contributed by atoms with Crippen molar-refractivity contribution in [3.63, 3.8) is 0 Å². The van der Waals surface area contributed by atoms with E-state index in [9.17, 15) is 9.59 Å². The third-order valence-corrected chi connectivity index (χ3v) is 6.51. The standard InChI is InChI=1S/C23H25Cl2N5O2S/c1-13(2)20(27-22(32)17-10-7-15(24)11-18(17)25)21-28-29-23(30(21)4)33-12-19(31)26-16-8-5-14(3)6-9-16/h5-11,13,20H,12H2,1-4H3,(H,26,31)(H,27,32)/t20-/m0/s1. The first-order valence-corrected chi connectivity index (χ1v) is 12.0. The van der Waals surface area contributed by atoms with Crippen molar-refractivity contribution in [1.29, 1.82) is 0 Å². The summed E-state index contributed by atoms with van der Waals surface area (Å²) in [6.07, 6.45) is 0. The molecular formula is C23H25Cl2N5O2S. The molecule has 1 heterocycles. The Morgan fingerprint density at radius 1 is 1.09 bits per heavy atom. The largest absolute Gasteiger partial charge is 0.342 e. The van der Waals surface area contributed by atoms with Crippen molar-refractivity contribution in [2.24, 2.45) is 13.0 Å². The average molecular weight is 506 g/mol. The Balaban J connectivity index is 1.67. The molecule has 174 valence electrons. The van der Waals surface area contributed by atoms with Crippen LogP contribution in [-0.4, -0.2) is 32.3 Å². The van der Waals surface area contributed by atoms with Gasteiger partial charge >= 0.3 is 0 Å².